The second kappa shape index (κ2) is 5.18. The lowest BCUT2D eigenvalue weighted by atomic mass is 10.1. The molecule has 1 aromatic carbocycles. The minimum absolute atomic E-state index is 0.157. The van der Waals surface area contributed by atoms with Gasteiger partial charge in [-0.1, -0.05) is 6.92 Å². The summed E-state index contributed by atoms with van der Waals surface area (Å²) in [5.74, 6) is 0.0502. The topological polar surface area (TPSA) is 62.2 Å². The Kier molecular flexibility index (Phi) is 3.62. The summed E-state index contributed by atoms with van der Waals surface area (Å²) >= 11 is 1.32. The lowest BCUT2D eigenvalue weighted by molar-refractivity contribution is 0.102. The monoisotopic (exact) mass is 262 g/mol. The van der Waals surface area contributed by atoms with Gasteiger partial charge in [0.25, 0.3) is 5.91 Å². The number of hydrogen-bond donors (Lipinski definition) is 2. The van der Waals surface area contributed by atoms with E-state index in [9.17, 15) is 9.90 Å². The maximum Gasteiger partial charge on any atom is 0.267 e. The van der Waals surface area contributed by atoms with Gasteiger partial charge in [0.1, 0.15) is 10.6 Å². The van der Waals surface area contributed by atoms with Crippen molar-refractivity contribution in [3.05, 3.63) is 39.8 Å². The van der Waals surface area contributed by atoms with Crippen LogP contribution in [0.4, 0.5) is 5.69 Å². The molecule has 0 fully saturated rings. The van der Waals surface area contributed by atoms with Gasteiger partial charge in [0.05, 0.1) is 11.2 Å². The van der Waals surface area contributed by atoms with Crippen LogP contribution in [-0.2, 0) is 6.42 Å². The van der Waals surface area contributed by atoms with E-state index in [0.717, 1.165) is 23.4 Å². The van der Waals surface area contributed by atoms with Crippen molar-refractivity contribution in [1.29, 1.82) is 0 Å². The standard InChI is InChI=1S/C13H14N2O2S/c1-3-9-6-10(16)4-5-11(9)15-13(17)12-8(2)14-7-18-12/h4-7,16H,3H2,1-2H3,(H,15,17). The zero-order valence-corrected chi connectivity index (χ0v) is 11.0. The number of hydrogen-bond acceptors (Lipinski definition) is 4. The highest BCUT2D eigenvalue weighted by Crippen LogP contribution is 2.23. The molecule has 0 atom stereocenters. The second-order valence-electron chi connectivity index (χ2n) is 3.92. The van der Waals surface area contributed by atoms with Crippen LogP contribution in [0.25, 0.3) is 0 Å². The Bertz CT molecular complexity index is 578. The molecule has 0 aliphatic carbocycles. The van der Waals surface area contributed by atoms with Crippen LogP contribution in [0, 0.1) is 6.92 Å². The summed E-state index contributed by atoms with van der Waals surface area (Å²) in [6.45, 7) is 3.78. The van der Waals surface area contributed by atoms with Gasteiger partial charge in [-0.3, -0.25) is 4.79 Å². The summed E-state index contributed by atoms with van der Waals surface area (Å²) < 4.78 is 0. The minimum Gasteiger partial charge on any atom is -0.508 e. The van der Waals surface area contributed by atoms with Crippen LogP contribution in [-0.4, -0.2) is 16.0 Å². The van der Waals surface area contributed by atoms with Crippen LogP contribution in [0.2, 0.25) is 0 Å². The predicted octanol–water partition coefficient (Wildman–Crippen LogP) is 2.97. The molecular formula is C13H14N2O2S. The van der Waals surface area contributed by atoms with Gasteiger partial charge >= 0.3 is 0 Å². The van der Waals surface area contributed by atoms with Gasteiger partial charge in [-0.2, -0.15) is 0 Å². The molecule has 0 radical (unpaired) electrons. The lowest BCUT2D eigenvalue weighted by Gasteiger charge is -2.09. The molecule has 0 saturated heterocycles. The Morgan fingerprint density at radius 1 is 1.50 bits per heavy atom. The fourth-order valence-corrected chi connectivity index (χ4v) is 2.39. The number of anilines is 1. The third kappa shape index (κ3) is 2.51. The number of amides is 1. The van der Waals surface area contributed by atoms with Crippen molar-refractivity contribution in [3.63, 3.8) is 0 Å². The smallest absolute Gasteiger partial charge is 0.267 e. The van der Waals surface area contributed by atoms with Crippen LogP contribution in [0.15, 0.2) is 23.7 Å². The minimum atomic E-state index is -0.157. The summed E-state index contributed by atoms with van der Waals surface area (Å²) in [4.78, 5) is 16.7. The number of nitrogens with one attached hydrogen (secondary N) is 1. The molecule has 1 heterocycles. The van der Waals surface area contributed by atoms with Crippen LogP contribution in [0.5, 0.6) is 5.75 Å². The molecule has 0 aliphatic heterocycles. The zero-order valence-electron chi connectivity index (χ0n) is 10.2. The van der Waals surface area contributed by atoms with Gasteiger partial charge < -0.3 is 10.4 Å². The van der Waals surface area contributed by atoms with Gasteiger partial charge in [-0.05, 0) is 37.1 Å². The third-order valence-electron chi connectivity index (χ3n) is 2.67. The number of aromatic hydroxyl groups is 1. The molecule has 2 aromatic rings. The van der Waals surface area contributed by atoms with E-state index in [1.807, 2.05) is 13.8 Å². The first-order valence-electron chi connectivity index (χ1n) is 5.65. The largest absolute Gasteiger partial charge is 0.508 e. The van der Waals surface area contributed by atoms with E-state index in [4.69, 9.17) is 0 Å². The Morgan fingerprint density at radius 2 is 2.28 bits per heavy atom. The number of aromatic nitrogens is 1. The molecule has 0 bridgehead atoms. The number of nitrogens with zero attached hydrogens (tertiary/aromatic N) is 1. The number of carbonyl (C=O) groups excluding carboxylic acids is 1. The summed E-state index contributed by atoms with van der Waals surface area (Å²) in [5.41, 5.74) is 4.02. The Balaban J connectivity index is 2.24. The lowest BCUT2D eigenvalue weighted by Crippen LogP contribution is -2.12. The molecule has 18 heavy (non-hydrogen) atoms. The summed E-state index contributed by atoms with van der Waals surface area (Å²) in [6.07, 6.45) is 0.742. The first-order valence-corrected chi connectivity index (χ1v) is 6.53. The molecule has 0 aliphatic rings. The maximum absolute atomic E-state index is 12.0. The van der Waals surface area contributed by atoms with Crippen LogP contribution >= 0.6 is 11.3 Å². The van der Waals surface area contributed by atoms with Crippen molar-refractivity contribution in [2.45, 2.75) is 20.3 Å². The Hall–Kier alpha value is -1.88. The van der Waals surface area contributed by atoms with Crippen LogP contribution < -0.4 is 5.32 Å². The number of phenols is 1. The number of carbonyl (C=O) groups is 1. The van der Waals surface area contributed by atoms with Crippen molar-refractivity contribution < 1.29 is 9.90 Å². The zero-order chi connectivity index (χ0) is 13.1. The maximum atomic E-state index is 12.0. The van der Waals surface area contributed by atoms with E-state index in [2.05, 4.69) is 10.3 Å². The highest BCUT2D eigenvalue weighted by atomic mass is 32.1. The van der Waals surface area contributed by atoms with Crippen molar-refractivity contribution in [2.75, 3.05) is 5.32 Å². The molecule has 0 spiro atoms. The summed E-state index contributed by atoms with van der Waals surface area (Å²) in [6, 6.07) is 4.94. The molecule has 2 rings (SSSR count). The normalized spacial score (nSPS) is 10.3. The number of rotatable bonds is 3. The fraction of sp³-hybridized carbons (Fsp3) is 0.231. The number of thiazole rings is 1. The van der Waals surface area contributed by atoms with Gasteiger partial charge in [0.15, 0.2) is 0 Å². The number of phenolic OH excluding ortho intramolecular Hbond substituents is 1. The van der Waals surface area contributed by atoms with Crippen molar-refractivity contribution in [2.24, 2.45) is 0 Å². The van der Waals surface area contributed by atoms with Gasteiger partial charge in [-0.25, -0.2) is 4.98 Å². The summed E-state index contributed by atoms with van der Waals surface area (Å²) in [7, 11) is 0. The first-order chi connectivity index (χ1) is 8.61. The molecule has 1 aromatic heterocycles. The first kappa shape index (κ1) is 12.6. The SMILES string of the molecule is CCc1cc(O)ccc1NC(=O)c1scnc1C. The van der Waals surface area contributed by atoms with Crippen molar-refractivity contribution in [1.82, 2.24) is 4.98 Å². The molecule has 2 N–H and O–H groups in total. The van der Waals surface area contributed by atoms with Crippen LogP contribution in [0.3, 0.4) is 0 Å². The third-order valence-corrected chi connectivity index (χ3v) is 3.60. The van der Waals surface area contributed by atoms with E-state index >= 15 is 0 Å². The van der Waals surface area contributed by atoms with E-state index in [1.54, 1.807) is 23.7 Å². The number of benzene rings is 1. The molecule has 0 saturated carbocycles. The predicted molar refractivity (Wildman–Crippen MR) is 72.3 cm³/mol. The van der Waals surface area contributed by atoms with E-state index in [-0.39, 0.29) is 11.7 Å². The molecule has 94 valence electrons. The molecular weight excluding hydrogens is 248 g/mol. The average Bonchev–Trinajstić information content (AvgIpc) is 2.77. The highest BCUT2D eigenvalue weighted by Gasteiger charge is 2.13. The highest BCUT2D eigenvalue weighted by molar-refractivity contribution is 7.12. The molecule has 5 heteroatoms. The Labute approximate surface area is 109 Å². The molecule has 0 unspecified atom stereocenters. The average molecular weight is 262 g/mol. The summed E-state index contributed by atoms with van der Waals surface area (Å²) in [5, 5.41) is 12.3. The van der Waals surface area contributed by atoms with Gasteiger partial charge in [-0.15, -0.1) is 11.3 Å². The van der Waals surface area contributed by atoms with Crippen molar-refractivity contribution >= 4 is 22.9 Å². The van der Waals surface area contributed by atoms with Crippen molar-refractivity contribution in [3.8, 4) is 5.75 Å². The van der Waals surface area contributed by atoms with E-state index < -0.39 is 0 Å². The van der Waals surface area contributed by atoms with E-state index in [0.29, 0.717) is 4.88 Å². The quantitative estimate of drug-likeness (QED) is 0.836. The molecule has 1 amide bonds. The molecule has 4 nitrogen and oxygen atoms in total. The van der Waals surface area contributed by atoms with Gasteiger partial charge in [0, 0.05) is 5.69 Å². The number of aryl methyl sites for hydroxylation is 2. The fourth-order valence-electron chi connectivity index (χ4n) is 1.69. The van der Waals surface area contributed by atoms with Crippen LogP contribution in [0.1, 0.15) is 27.9 Å². The second-order valence-corrected chi connectivity index (χ2v) is 4.77. The Morgan fingerprint density at radius 3 is 2.89 bits per heavy atom. The van der Waals surface area contributed by atoms with Gasteiger partial charge in [0.2, 0.25) is 0 Å². The van der Waals surface area contributed by atoms with E-state index in [1.165, 1.54) is 11.3 Å².